The van der Waals surface area contributed by atoms with Crippen LogP contribution in [0, 0.1) is 0 Å². The molecule has 7 nitrogen and oxygen atoms in total. The Morgan fingerprint density at radius 2 is 2.17 bits per heavy atom. The summed E-state index contributed by atoms with van der Waals surface area (Å²) in [7, 11) is 0. The number of urea groups is 1. The van der Waals surface area contributed by atoms with Crippen molar-refractivity contribution in [2.75, 3.05) is 0 Å². The lowest BCUT2D eigenvalue weighted by Crippen LogP contribution is -2.68. The molecule has 1 aliphatic rings. The number of nitrogens with one attached hydrogen (secondary N) is 2. The van der Waals surface area contributed by atoms with Gasteiger partial charge in [0.2, 0.25) is 6.23 Å². The standard InChI is InChI=1S/C5H8N2O5/c1-5(10)2(8)6-4(9)7-3(5)12-11/h3,10-11H,1H3,(H2,6,7,8,9). The molecular formula is C5H8N2O5. The first-order valence-electron chi connectivity index (χ1n) is 3.13. The fraction of sp³-hybridized carbons (Fsp3) is 0.600. The van der Waals surface area contributed by atoms with Gasteiger partial charge >= 0.3 is 6.03 Å². The summed E-state index contributed by atoms with van der Waals surface area (Å²) in [6.45, 7) is 1.10. The molecule has 0 aliphatic carbocycles. The molecule has 12 heavy (non-hydrogen) atoms. The maximum atomic E-state index is 10.9. The highest BCUT2D eigenvalue weighted by Gasteiger charge is 2.46. The van der Waals surface area contributed by atoms with E-state index in [1.165, 1.54) is 0 Å². The van der Waals surface area contributed by atoms with Gasteiger partial charge in [-0.1, -0.05) is 0 Å². The third-order valence-corrected chi connectivity index (χ3v) is 1.56. The molecule has 0 aromatic heterocycles. The molecule has 1 fully saturated rings. The molecule has 1 saturated heterocycles. The highest BCUT2D eigenvalue weighted by atomic mass is 17.1. The highest BCUT2D eigenvalue weighted by molar-refractivity contribution is 6.01. The molecule has 2 unspecified atom stereocenters. The molecule has 68 valence electrons. The summed E-state index contributed by atoms with van der Waals surface area (Å²) in [5, 5.41) is 21.3. The van der Waals surface area contributed by atoms with Gasteiger partial charge in [0.15, 0.2) is 5.60 Å². The number of imide groups is 1. The van der Waals surface area contributed by atoms with Gasteiger partial charge in [0, 0.05) is 0 Å². The molecule has 0 bridgehead atoms. The normalized spacial score (nSPS) is 35.8. The predicted octanol–water partition coefficient (Wildman–Crippen LogP) is -1.61. The fourth-order valence-corrected chi connectivity index (χ4v) is 0.773. The van der Waals surface area contributed by atoms with Crippen molar-refractivity contribution >= 4 is 11.9 Å². The van der Waals surface area contributed by atoms with Gasteiger partial charge in [-0.3, -0.25) is 10.1 Å². The van der Waals surface area contributed by atoms with Gasteiger partial charge in [-0.2, -0.15) is 0 Å². The number of aliphatic hydroxyl groups is 1. The summed E-state index contributed by atoms with van der Waals surface area (Å²) >= 11 is 0. The van der Waals surface area contributed by atoms with E-state index in [1.807, 2.05) is 5.32 Å². The highest BCUT2D eigenvalue weighted by Crippen LogP contribution is 2.13. The summed E-state index contributed by atoms with van der Waals surface area (Å²) < 4.78 is 0. The lowest BCUT2D eigenvalue weighted by Gasteiger charge is -2.33. The Bertz CT molecular complexity index is 226. The monoisotopic (exact) mass is 176 g/mol. The molecule has 0 spiro atoms. The van der Waals surface area contributed by atoms with Crippen LogP contribution in [0.25, 0.3) is 0 Å². The Kier molecular flexibility index (Phi) is 2.01. The number of rotatable bonds is 1. The zero-order valence-electron chi connectivity index (χ0n) is 6.20. The lowest BCUT2D eigenvalue weighted by molar-refractivity contribution is -0.314. The van der Waals surface area contributed by atoms with Crippen molar-refractivity contribution in [1.29, 1.82) is 0 Å². The smallest absolute Gasteiger partial charge is 0.323 e. The number of carbonyl (C=O) groups excluding carboxylic acids is 2. The predicted molar refractivity (Wildman–Crippen MR) is 34.8 cm³/mol. The van der Waals surface area contributed by atoms with Crippen LogP contribution in [-0.4, -0.2) is 34.1 Å². The minimum absolute atomic E-state index is 0.828. The largest absolute Gasteiger partial charge is 0.376 e. The van der Waals surface area contributed by atoms with Crippen molar-refractivity contribution in [2.45, 2.75) is 18.8 Å². The van der Waals surface area contributed by atoms with E-state index >= 15 is 0 Å². The molecular weight excluding hydrogens is 168 g/mol. The summed E-state index contributed by atoms with van der Waals surface area (Å²) in [6.07, 6.45) is -1.45. The summed E-state index contributed by atoms with van der Waals surface area (Å²) in [5.41, 5.74) is -1.97. The second kappa shape index (κ2) is 2.70. The van der Waals surface area contributed by atoms with Crippen LogP contribution in [0.3, 0.4) is 0 Å². The van der Waals surface area contributed by atoms with Crippen molar-refractivity contribution in [1.82, 2.24) is 10.6 Å². The van der Waals surface area contributed by atoms with E-state index in [0.29, 0.717) is 0 Å². The first-order valence-corrected chi connectivity index (χ1v) is 3.13. The first-order chi connectivity index (χ1) is 5.48. The van der Waals surface area contributed by atoms with Crippen LogP contribution in [0.2, 0.25) is 0 Å². The number of amides is 3. The van der Waals surface area contributed by atoms with E-state index in [0.717, 1.165) is 6.92 Å². The third kappa shape index (κ3) is 1.24. The Labute approximate surface area is 67.2 Å². The molecule has 2 atom stereocenters. The van der Waals surface area contributed by atoms with E-state index in [9.17, 15) is 14.7 Å². The van der Waals surface area contributed by atoms with Gasteiger partial charge in [0.25, 0.3) is 5.91 Å². The van der Waals surface area contributed by atoms with E-state index in [1.54, 1.807) is 5.32 Å². The number of hydrogen-bond acceptors (Lipinski definition) is 5. The van der Waals surface area contributed by atoms with Crippen LogP contribution in [0.1, 0.15) is 6.92 Å². The van der Waals surface area contributed by atoms with Crippen molar-refractivity contribution in [3.63, 3.8) is 0 Å². The Morgan fingerprint density at radius 1 is 1.58 bits per heavy atom. The lowest BCUT2D eigenvalue weighted by atomic mass is 10.0. The second-order valence-corrected chi connectivity index (χ2v) is 2.56. The van der Waals surface area contributed by atoms with Crippen molar-refractivity contribution in [3.05, 3.63) is 0 Å². The van der Waals surface area contributed by atoms with E-state index in [4.69, 9.17) is 5.26 Å². The topological polar surface area (TPSA) is 108 Å². The van der Waals surface area contributed by atoms with Gasteiger partial charge in [-0.15, -0.1) is 0 Å². The Hall–Kier alpha value is -1.18. The summed E-state index contributed by atoms with van der Waals surface area (Å²) in [6, 6.07) is -0.828. The summed E-state index contributed by atoms with van der Waals surface area (Å²) in [5.74, 6) is -0.926. The maximum Gasteiger partial charge on any atom is 0.323 e. The molecule has 0 aromatic carbocycles. The van der Waals surface area contributed by atoms with Gasteiger partial charge in [-0.25, -0.2) is 14.9 Å². The molecule has 4 N–H and O–H groups in total. The van der Waals surface area contributed by atoms with Crippen molar-refractivity contribution in [3.8, 4) is 0 Å². The first kappa shape index (κ1) is 8.91. The zero-order chi connectivity index (χ0) is 9.35. The molecule has 0 aromatic rings. The Morgan fingerprint density at radius 3 is 2.67 bits per heavy atom. The van der Waals surface area contributed by atoms with Gasteiger partial charge in [-0.05, 0) is 6.92 Å². The molecule has 1 aliphatic heterocycles. The molecule has 0 saturated carbocycles. The van der Waals surface area contributed by atoms with E-state index < -0.39 is 23.8 Å². The van der Waals surface area contributed by atoms with Gasteiger partial charge in [0.05, 0.1) is 0 Å². The fourth-order valence-electron chi connectivity index (χ4n) is 0.773. The molecule has 7 heteroatoms. The van der Waals surface area contributed by atoms with Crippen LogP contribution in [0.15, 0.2) is 0 Å². The molecule has 0 radical (unpaired) electrons. The maximum absolute atomic E-state index is 10.9. The van der Waals surface area contributed by atoms with Crippen LogP contribution < -0.4 is 10.6 Å². The summed E-state index contributed by atoms with van der Waals surface area (Å²) in [4.78, 5) is 25.2. The average molecular weight is 176 g/mol. The SMILES string of the molecule is CC1(O)C(=O)NC(=O)NC1OO. The average Bonchev–Trinajstić information content (AvgIpc) is 1.97. The van der Waals surface area contributed by atoms with E-state index in [-0.39, 0.29) is 0 Å². The second-order valence-electron chi connectivity index (χ2n) is 2.56. The molecule has 1 heterocycles. The van der Waals surface area contributed by atoms with Gasteiger partial charge < -0.3 is 10.4 Å². The van der Waals surface area contributed by atoms with Crippen LogP contribution in [0.5, 0.6) is 0 Å². The quantitative estimate of drug-likeness (QED) is 0.284. The van der Waals surface area contributed by atoms with Crippen molar-refractivity contribution in [2.24, 2.45) is 0 Å². The van der Waals surface area contributed by atoms with Crippen LogP contribution in [0.4, 0.5) is 4.79 Å². The Balaban J connectivity index is 2.85. The van der Waals surface area contributed by atoms with Crippen LogP contribution in [-0.2, 0) is 9.68 Å². The third-order valence-electron chi connectivity index (χ3n) is 1.56. The van der Waals surface area contributed by atoms with Crippen molar-refractivity contribution < 1.29 is 24.8 Å². The molecule has 1 rings (SSSR count). The molecule has 3 amide bonds. The van der Waals surface area contributed by atoms with Gasteiger partial charge in [0.1, 0.15) is 0 Å². The minimum Gasteiger partial charge on any atom is -0.376 e. The zero-order valence-corrected chi connectivity index (χ0v) is 6.20. The minimum atomic E-state index is -1.97. The van der Waals surface area contributed by atoms with E-state index in [2.05, 4.69) is 4.89 Å². The van der Waals surface area contributed by atoms with Crippen LogP contribution >= 0.6 is 0 Å². The number of hydrogen-bond donors (Lipinski definition) is 4. The number of carbonyl (C=O) groups is 2.